The molecule has 1 atom stereocenters. The topological polar surface area (TPSA) is 66.8 Å². The van der Waals surface area contributed by atoms with Gasteiger partial charge in [-0.1, -0.05) is 0 Å². The van der Waals surface area contributed by atoms with Gasteiger partial charge in [0.25, 0.3) is 0 Å². The van der Waals surface area contributed by atoms with E-state index in [-0.39, 0.29) is 0 Å². The minimum Gasteiger partial charge on any atom is -0.303 e. The van der Waals surface area contributed by atoms with Crippen LogP contribution in [0, 0.1) is 0 Å². The van der Waals surface area contributed by atoms with Gasteiger partial charge in [0, 0.05) is 0 Å². The Labute approximate surface area is 55.6 Å². The smallest absolute Gasteiger partial charge is 0.303 e. The van der Waals surface area contributed by atoms with Crippen LogP contribution in [0.4, 0.5) is 0 Å². The Morgan fingerprint density at radius 1 is 1.67 bits per heavy atom. The lowest BCUT2D eigenvalue weighted by Gasteiger charge is -2.18. The molecular formula is C4H11O4P. The van der Waals surface area contributed by atoms with Gasteiger partial charge >= 0.3 is 7.82 Å². The Kier molecular flexibility index (Phi) is 1.91. The molecule has 0 saturated heterocycles. The lowest BCUT2D eigenvalue weighted by molar-refractivity contribution is 0.0810. The molecule has 0 spiro atoms. The second kappa shape index (κ2) is 2.39. The van der Waals surface area contributed by atoms with Gasteiger partial charge in [-0.25, -0.2) is 4.57 Å². The quantitative estimate of drug-likeness (QED) is 0.581. The van der Waals surface area contributed by atoms with E-state index < -0.39 is 13.4 Å². The largest absolute Gasteiger partial charge is 0.470 e. The van der Waals surface area contributed by atoms with E-state index in [2.05, 4.69) is 9.42 Å². The van der Waals surface area contributed by atoms with Gasteiger partial charge in [0.15, 0.2) is 0 Å². The summed E-state index contributed by atoms with van der Waals surface area (Å²) in [6.45, 7) is 4.78. The van der Waals surface area contributed by atoms with Crippen molar-refractivity contribution in [1.82, 2.24) is 0 Å². The second-order valence-corrected chi connectivity index (χ2v) is 3.79. The van der Waals surface area contributed by atoms with E-state index in [0.717, 1.165) is 0 Å². The van der Waals surface area contributed by atoms with Crippen LogP contribution in [0.2, 0.25) is 0 Å². The monoisotopic (exact) mass is 155 g/mol. The molecule has 0 saturated carbocycles. The van der Waals surface area contributed by atoms with Crippen molar-refractivity contribution in [3.05, 3.63) is 0 Å². The second-order valence-electron chi connectivity index (χ2n) is 2.67. The summed E-state index contributed by atoms with van der Waals surface area (Å²) in [5.74, 6) is 0. The highest BCUT2D eigenvalue weighted by atomic mass is 31.2. The molecule has 1 unspecified atom stereocenters. The number of phosphoric acid groups is 1. The Hall–Kier alpha value is 0.110. The van der Waals surface area contributed by atoms with E-state index in [4.69, 9.17) is 6.32 Å². The molecular weight excluding hydrogens is 143 g/mol. The fraction of sp³-hybridized carbons (Fsp3) is 1.00. The van der Waals surface area contributed by atoms with Crippen molar-refractivity contribution in [3.63, 3.8) is 0 Å². The highest BCUT2D eigenvalue weighted by Gasteiger charge is 2.23. The van der Waals surface area contributed by atoms with E-state index in [9.17, 15) is 4.57 Å². The van der Waals surface area contributed by atoms with Gasteiger partial charge < -0.3 is 9.79 Å². The molecule has 0 aliphatic rings. The van der Waals surface area contributed by atoms with Crippen molar-refractivity contribution >= 4 is 7.82 Å². The highest BCUT2D eigenvalue weighted by Crippen LogP contribution is 2.40. The Balaban J connectivity index is 4.03. The van der Waals surface area contributed by atoms with Gasteiger partial charge in [-0.15, -0.1) is 0 Å². The minimum absolute atomic E-state index is 0.772. The summed E-state index contributed by atoms with van der Waals surface area (Å²) < 4.78 is 21.1. The van der Waals surface area contributed by atoms with Gasteiger partial charge in [-0.2, -0.15) is 0 Å². The van der Waals surface area contributed by atoms with Crippen LogP contribution >= 0.6 is 7.82 Å². The zero-order valence-corrected chi connectivity index (χ0v) is 6.51. The molecule has 0 aromatic heterocycles. The Morgan fingerprint density at radius 2 is 2.11 bits per heavy atom. The maximum Gasteiger partial charge on any atom is 0.470 e. The normalized spacial score (nSPS) is 20.7. The third-order valence-corrected chi connectivity index (χ3v) is 1.17. The van der Waals surface area contributed by atoms with E-state index in [1.807, 2.05) is 0 Å². The summed E-state index contributed by atoms with van der Waals surface area (Å²) in [5, 5.41) is 0. The van der Waals surface area contributed by atoms with E-state index in [1.54, 1.807) is 20.8 Å². The summed E-state index contributed by atoms with van der Waals surface area (Å²) in [6, 6.07) is 0. The van der Waals surface area contributed by atoms with Crippen molar-refractivity contribution in [1.29, 1.82) is 1.43 Å². The van der Waals surface area contributed by atoms with Crippen LogP contribution in [-0.2, 0) is 9.09 Å². The van der Waals surface area contributed by atoms with Crippen LogP contribution in [-0.4, -0.2) is 16.8 Å². The number of hydrogen-bond acceptors (Lipinski definition) is 3. The average molecular weight is 155 g/mol. The van der Waals surface area contributed by atoms with E-state index in [0.29, 0.717) is 0 Å². The van der Waals surface area contributed by atoms with E-state index >= 15 is 0 Å². The zero-order valence-electron chi connectivity index (χ0n) is 6.62. The van der Waals surface area contributed by atoms with Gasteiger partial charge in [0.05, 0.1) is 5.60 Å². The van der Waals surface area contributed by atoms with Gasteiger partial charge in [0.2, 0.25) is 1.43 Å². The summed E-state index contributed by atoms with van der Waals surface area (Å²) in [7, 11) is -4.13. The van der Waals surface area contributed by atoms with Crippen molar-refractivity contribution in [2.75, 3.05) is 0 Å². The molecule has 0 rings (SSSR count). The molecule has 0 aliphatic heterocycles. The first-order chi connectivity index (χ1) is 4.27. The minimum atomic E-state index is -4.13. The van der Waals surface area contributed by atoms with Gasteiger partial charge in [-0.3, -0.25) is 4.52 Å². The van der Waals surface area contributed by atoms with E-state index in [1.165, 1.54) is 0 Å². The Bertz CT molecular complexity index is 152. The molecule has 0 radical (unpaired) electrons. The predicted octanol–water partition coefficient (Wildman–Crippen LogP) is 0.894. The van der Waals surface area contributed by atoms with Crippen LogP contribution in [0.15, 0.2) is 0 Å². The molecule has 9 heavy (non-hydrogen) atoms. The maximum absolute atomic E-state index is 10.5. The molecule has 0 fully saturated rings. The fourth-order valence-electron chi connectivity index (χ4n) is 0.346. The van der Waals surface area contributed by atoms with Crippen molar-refractivity contribution in [2.24, 2.45) is 0 Å². The molecule has 0 aromatic carbocycles. The first-order valence-corrected chi connectivity index (χ1v) is 3.95. The maximum atomic E-state index is 10.5. The molecule has 0 heterocycles. The third-order valence-electron chi connectivity index (χ3n) is 0.389. The number of rotatable bonds is 2. The predicted molar refractivity (Wildman–Crippen MR) is 32.9 cm³/mol. The summed E-state index contributed by atoms with van der Waals surface area (Å²) in [6.07, 6.45) is 0. The summed E-state index contributed by atoms with van der Waals surface area (Å²) >= 11 is 0. The lowest BCUT2D eigenvalue weighted by atomic mass is 10.2. The van der Waals surface area contributed by atoms with Crippen molar-refractivity contribution in [3.8, 4) is 0 Å². The first kappa shape index (κ1) is 7.22. The molecule has 4 nitrogen and oxygen atoms in total. The average Bonchev–Trinajstić information content (AvgIpc) is 1.60. The lowest BCUT2D eigenvalue weighted by Crippen LogP contribution is -2.16. The Morgan fingerprint density at radius 3 is 2.22 bits per heavy atom. The van der Waals surface area contributed by atoms with Crippen molar-refractivity contribution in [2.45, 2.75) is 26.4 Å². The standard InChI is InChI=1S/C4H11O4P/c1-4(2,3)8-9(5,6)7/h1-3H3,(H2,5,6,7)/i/hD. The first-order valence-electron chi connectivity index (χ1n) is 2.86. The SMILES string of the molecule is [2H]OP(=O)(O)OC(C)(C)C. The molecule has 0 aromatic rings. The molecule has 2 N–H and O–H groups in total. The van der Waals surface area contributed by atoms with Crippen LogP contribution in [0.3, 0.4) is 0 Å². The van der Waals surface area contributed by atoms with Crippen LogP contribution in [0.5, 0.6) is 0 Å². The summed E-state index contributed by atoms with van der Waals surface area (Å²) in [5.41, 5.74) is -0.772. The zero-order chi connectivity index (χ0) is 8.41. The van der Waals surface area contributed by atoms with Crippen molar-refractivity contribution < 1.29 is 18.9 Å². The van der Waals surface area contributed by atoms with Crippen LogP contribution < -0.4 is 0 Å². The number of hydrogen-bond donors (Lipinski definition) is 2. The highest BCUT2D eigenvalue weighted by molar-refractivity contribution is 7.46. The number of phosphoric ester groups is 1. The molecule has 0 bridgehead atoms. The van der Waals surface area contributed by atoms with Gasteiger partial charge in [-0.05, 0) is 20.8 Å². The van der Waals surface area contributed by atoms with Gasteiger partial charge in [0.1, 0.15) is 0 Å². The van der Waals surface area contributed by atoms with Crippen LogP contribution in [0.1, 0.15) is 20.8 Å². The van der Waals surface area contributed by atoms with Crippen LogP contribution in [0.25, 0.3) is 0 Å². The fourth-order valence-corrected chi connectivity index (χ4v) is 1.04. The molecule has 56 valence electrons. The molecule has 0 amide bonds. The summed E-state index contributed by atoms with van der Waals surface area (Å²) in [4.78, 5) is 12.0. The molecule has 0 aliphatic carbocycles. The molecule has 5 heteroatoms. The third kappa shape index (κ3) is 8.11.